The van der Waals surface area contributed by atoms with Gasteiger partial charge in [-0.15, -0.1) is 11.3 Å². The van der Waals surface area contributed by atoms with Gasteiger partial charge in [0.2, 0.25) is 0 Å². The van der Waals surface area contributed by atoms with Gasteiger partial charge >= 0.3 is 0 Å². The smallest absolute Gasteiger partial charge is 0.0931 e. The summed E-state index contributed by atoms with van der Waals surface area (Å²) in [6, 6.07) is 5.26. The molecule has 0 bridgehead atoms. The predicted octanol–water partition coefficient (Wildman–Crippen LogP) is 4.30. The fourth-order valence-corrected chi connectivity index (χ4v) is 4.30. The highest BCUT2D eigenvalue weighted by atomic mass is 35.5. The second-order valence-corrected chi connectivity index (χ2v) is 7.63. The molecule has 4 unspecified atom stereocenters. The first-order valence-corrected chi connectivity index (χ1v) is 8.49. The summed E-state index contributed by atoms with van der Waals surface area (Å²) in [5.74, 6) is 0.762. The third-order valence-electron chi connectivity index (χ3n) is 4.29. The summed E-state index contributed by atoms with van der Waals surface area (Å²) in [6.45, 7) is 7.99. The molecule has 4 atom stereocenters. The van der Waals surface area contributed by atoms with E-state index in [0.717, 1.165) is 23.2 Å². The number of nitrogens with zero attached hydrogens (tertiary/aromatic N) is 1. The largest absolute Gasteiger partial charge is 0.326 e. The molecule has 2 rings (SSSR count). The van der Waals surface area contributed by atoms with Gasteiger partial charge in [0, 0.05) is 23.5 Å². The fraction of sp³-hybridized carbons (Fsp3) is 0.733. The van der Waals surface area contributed by atoms with Crippen LogP contribution in [0.15, 0.2) is 12.1 Å². The van der Waals surface area contributed by atoms with Crippen LogP contribution < -0.4 is 5.73 Å². The van der Waals surface area contributed by atoms with Gasteiger partial charge in [-0.3, -0.25) is 4.90 Å². The summed E-state index contributed by atoms with van der Waals surface area (Å²) in [5.41, 5.74) is 6.42. The SMILES string of the molecule is CCC(N)C(c1ccc(Cl)s1)N1CC(C)CCC1C. The molecule has 2 N–H and O–H groups in total. The lowest BCUT2D eigenvalue weighted by Gasteiger charge is -2.43. The molecule has 4 heteroatoms. The second kappa shape index (κ2) is 6.57. The molecule has 0 aliphatic carbocycles. The first-order valence-electron chi connectivity index (χ1n) is 7.29. The van der Waals surface area contributed by atoms with E-state index in [9.17, 15) is 0 Å². The highest BCUT2D eigenvalue weighted by molar-refractivity contribution is 7.16. The number of likely N-dealkylation sites (tertiary alicyclic amines) is 1. The molecule has 1 aromatic heterocycles. The lowest BCUT2D eigenvalue weighted by Crippen LogP contribution is -2.49. The molecule has 19 heavy (non-hydrogen) atoms. The summed E-state index contributed by atoms with van der Waals surface area (Å²) < 4.78 is 0.862. The number of thiophene rings is 1. The predicted molar refractivity (Wildman–Crippen MR) is 84.9 cm³/mol. The second-order valence-electron chi connectivity index (χ2n) is 5.89. The highest BCUT2D eigenvalue weighted by Crippen LogP contribution is 2.37. The minimum atomic E-state index is 0.183. The molecule has 0 radical (unpaired) electrons. The van der Waals surface area contributed by atoms with E-state index in [1.165, 1.54) is 17.7 Å². The molecule has 0 saturated carbocycles. The van der Waals surface area contributed by atoms with E-state index in [4.69, 9.17) is 17.3 Å². The zero-order chi connectivity index (χ0) is 14.0. The Morgan fingerprint density at radius 1 is 1.42 bits per heavy atom. The minimum Gasteiger partial charge on any atom is -0.326 e. The van der Waals surface area contributed by atoms with Crippen LogP contribution in [-0.2, 0) is 0 Å². The van der Waals surface area contributed by atoms with Crippen molar-refractivity contribution in [2.45, 2.75) is 58.2 Å². The van der Waals surface area contributed by atoms with Crippen LogP contribution in [0.1, 0.15) is 51.0 Å². The Labute approximate surface area is 125 Å². The zero-order valence-corrected chi connectivity index (χ0v) is 13.7. The van der Waals surface area contributed by atoms with Gasteiger partial charge in [0.25, 0.3) is 0 Å². The molecule has 0 amide bonds. The van der Waals surface area contributed by atoms with Crippen LogP contribution in [0.4, 0.5) is 0 Å². The van der Waals surface area contributed by atoms with E-state index in [2.05, 4.69) is 31.7 Å². The van der Waals surface area contributed by atoms with Crippen molar-refractivity contribution < 1.29 is 0 Å². The first-order chi connectivity index (χ1) is 9.02. The lowest BCUT2D eigenvalue weighted by molar-refractivity contribution is 0.0642. The van der Waals surface area contributed by atoms with E-state index in [1.807, 2.05) is 6.07 Å². The van der Waals surface area contributed by atoms with E-state index in [1.54, 1.807) is 11.3 Å². The van der Waals surface area contributed by atoms with E-state index < -0.39 is 0 Å². The maximum Gasteiger partial charge on any atom is 0.0931 e. The normalized spacial score (nSPS) is 28.3. The zero-order valence-electron chi connectivity index (χ0n) is 12.1. The molecule has 0 spiro atoms. The monoisotopic (exact) mass is 300 g/mol. The maximum atomic E-state index is 6.42. The molecule has 108 valence electrons. The van der Waals surface area contributed by atoms with Gasteiger partial charge in [-0.2, -0.15) is 0 Å². The van der Waals surface area contributed by atoms with Crippen molar-refractivity contribution in [2.75, 3.05) is 6.54 Å². The maximum absolute atomic E-state index is 6.42. The van der Waals surface area contributed by atoms with Crippen molar-refractivity contribution in [3.05, 3.63) is 21.3 Å². The first kappa shape index (κ1) is 15.3. The van der Waals surface area contributed by atoms with Gasteiger partial charge in [-0.1, -0.05) is 25.4 Å². The van der Waals surface area contributed by atoms with E-state index in [0.29, 0.717) is 12.1 Å². The highest BCUT2D eigenvalue weighted by Gasteiger charge is 2.33. The van der Waals surface area contributed by atoms with Crippen LogP contribution in [0, 0.1) is 5.92 Å². The van der Waals surface area contributed by atoms with Crippen molar-refractivity contribution in [1.29, 1.82) is 0 Å². The topological polar surface area (TPSA) is 29.3 Å². The van der Waals surface area contributed by atoms with Gasteiger partial charge in [0.15, 0.2) is 0 Å². The number of piperidine rings is 1. The van der Waals surface area contributed by atoms with Gasteiger partial charge in [0.05, 0.1) is 10.4 Å². The van der Waals surface area contributed by atoms with Crippen molar-refractivity contribution in [2.24, 2.45) is 11.7 Å². The van der Waals surface area contributed by atoms with Crippen molar-refractivity contribution >= 4 is 22.9 Å². The average molecular weight is 301 g/mol. The Bertz CT molecular complexity index is 407. The molecule has 1 saturated heterocycles. The average Bonchev–Trinajstić information content (AvgIpc) is 2.80. The Balaban J connectivity index is 2.26. The molecule has 1 aromatic rings. The van der Waals surface area contributed by atoms with Crippen molar-refractivity contribution in [1.82, 2.24) is 4.90 Å². The number of rotatable bonds is 4. The van der Waals surface area contributed by atoms with Crippen LogP contribution in [-0.4, -0.2) is 23.5 Å². The lowest BCUT2D eigenvalue weighted by atomic mass is 9.91. The summed E-state index contributed by atoms with van der Waals surface area (Å²) in [5, 5.41) is 0. The quantitative estimate of drug-likeness (QED) is 0.898. The van der Waals surface area contributed by atoms with Gasteiger partial charge < -0.3 is 5.73 Å². The summed E-state index contributed by atoms with van der Waals surface area (Å²) in [7, 11) is 0. The van der Waals surface area contributed by atoms with E-state index >= 15 is 0 Å². The number of halogens is 1. The molecule has 1 fully saturated rings. The molecule has 1 aliphatic rings. The standard InChI is InChI=1S/C15H25ClN2S/c1-4-12(17)15(13-7-8-14(16)19-13)18-9-10(2)5-6-11(18)3/h7-8,10-12,15H,4-6,9,17H2,1-3H3. The fourth-order valence-electron chi connectivity index (χ4n) is 3.04. The Morgan fingerprint density at radius 3 is 2.74 bits per heavy atom. The Morgan fingerprint density at radius 2 is 2.16 bits per heavy atom. The number of hydrogen-bond acceptors (Lipinski definition) is 3. The van der Waals surface area contributed by atoms with E-state index in [-0.39, 0.29) is 6.04 Å². The van der Waals surface area contributed by atoms with Crippen molar-refractivity contribution in [3.63, 3.8) is 0 Å². The molecular formula is C15H25ClN2S. The van der Waals surface area contributed by atoms with Crippen LogP contribution in [0.2, 0.25) is 4.34 Å². The molecule has 2 heterocycles. The molecule has 0 aromatic carbocycles. The Hall–Kier alpha value is -0.0900. The van der Waals surface area contributed by atoms with Crippen LogP contribution in [0.25, 0.3) is 0 Å². The number of hydrogen-bond donors (Lipinski definition) is 1. The summed E-state index contributed by atoms with van der Waals surface area (Å²) in [6.07, 6.45) is 3.60. The van der Waals surface area contributed by atoms with Gasteiger partial charge in [-0.05, 0) is 44.2 Å². The molecule has 2 nitrogen and oxygen atoms in total. The summed E-state index contributed by atoms with van der Waals surface area (Å²) >= 11 is 7.80. The molecule has 1 aliphatic heterocycles. The summed E-state index contributed by atoms with van der Waals surface area (Å²) in [4.78, 5) is 3.92. The number of nitrogens with two attached hydrogens (primary N) is 1. The van der Waals surface area contributed by atoms with Gasteiger partial charge in [0.1, 0.15) is 0 Å². The van der Waals surface area contributed by atoms with Crippen LogP contribution in [0.5, 0.6) is 0 Å². The Kier molecular flexibility index (Phi) is 5.29. The van der Waals surface area contributed by atoms with Crippen molar-refractivity contribution in [3.8, 4) is 0 Å². The van der Waals surface area contributed by atoms with Gasteiger partial charge in [-0.25, -0.2) is 0 Å². The van der Waals surface area contributed by atoms with Crippen LogP contribution in [0.3, 0.4) is 0 Å². The molecular weight excluding hydrogens is 276 g/mol. The van der Waals surface area contributed by atoms with Crippen LogP contribution >= 0.6 is 22.9 Å². The third kappa shape index (κ3) is 3.52. The minimum absolute atomic E-state index is 0.183. The third-order valence-corrected chi connectivity index (χ3v) is 5.59.